The van der Waals surface area contributed by atoms with E-state index in [1.54, 1.807) is 0 Å². The fraction of sp³-hybridized carbons (Fsp3) is 0.200. The predicted molar refractivity (Wildman–Crippen MR) is 66.1 cm³/mol. The zero-order valence-corrected chi connectivity index (χ0v) is 12.3. The number of allylic oxidation sites excluding steroid dienone is 12. The van der Waals surface area contributed by atoms with Crippen molar-refractivity contribution in [1.29, 1.82) is 0 Å². The average Bonchev–Trinajstić information content (AvgIpc) is 3.02. The van der Waals surface area contributed by atoms with E-state index in [2.05, 4.69) is 72.9 Å². The van der Waals surface area contributed by atoms with Crippen LogP contribution in [0.15, 0.2) is 72.9 Å². The van der Waals surface area contributed by atoms with Gasteiger partial charge in [-0.15, -0.1) is 0 Å². The molecule has 0 bridgehead atoms. The van der Waals surface area contributed by atoms with Gasteiger partial charge < -0.3 is 0 Å². The maximum atomic E-state index is 2.41. The van der Waals surface area contributed by atoms with Crippen LogP contribution >= 0.6 is 0 Å². The molecule has 0 radical (unpaired) electrons. The first-order valence-electron chi connectivity index (χ1n) is 5.77. The summed E-state index contributed by atoms with van der Waals surface area (Å²) >= 11 is -1.64. The molecule has 0 atom stereocenters. The molecule has 0 aromatic rings. The average molecular weight is 376 g/mol. The Morgan fingerprint density at radius 1 is 0.438 bits per heavy atom. The molecule has 0 heterocycles. The molecule has 16 heavy (non-hydrogen) atoms. The molecule has 0 nitrogen and oxygen atoms in total. The molecule has 80 valence electrons. The van der Waals surface area contributed by atoms with E-state index in [0.717, 1.165) is 12.4 Å². The van der Waals surface area contributed by atoms with E-state index in [0.29, 0.717) is 0 Å². The molecule has 0 saturated carbocycles. The van der Waals surface area contributed by atoms with E-state index in [1.807, 2.05) is 0 Å². The van der Waals surface area contributed by atoms with Gasteiger partial charge in [0.2, 0.25) is 0 Å². The Morgan fingerprint density at radius 2 is 0.688 bits per heavy atom. The Bertz CT molecular complexity index is 332. The second kappa shape index (κ2) is 4.58. The van der Waals surface area contributed by atoms with Crippen molar-refractivity contribution in [2.75, 3.05) is 0 Å². The summed E-state index contributed by atoms with van der Waals surface area (Å²) in [6.07, 6.45) is 27.8. The van der Waals surface area contributed by atoms with Gasteiger partial charge in [0.15, 0.2) is 0 Å². The Hall–Kier alpha value is -0.820. The molecule has 0 unspecified atom stereocenters. The fourth-order valence-electron chi connectivity index (χ4n) is 2.45. The zero-order valence-electron chi connectivity index (χ0n) is 9.11. The van der Waals surface area contributed by atoms with Crippen molar-refractivity contribution in [3.8, 4) is 0 Å². The molecule has 0 aromatic carbocycles. The standard InChI is InChI=1S/3C5H5.Ta/c3*1-2-4-5-3-1;/h3*1-5H;. The molecule has 0 amide bonds. The molecule has 3 rings (SSSR count). The van der Waals surface area contributed by atoms with Crippen LogP contribution in [-0.2, 0) is 18.4 Å². The Kier molecular flexibility index (Phi) is 2.96. The number of rotatable bonds is 3. The molecule has 3 aliphatic carbocycles. The summed E-state index contributed by atoms with van der Waals surface area (Å²) in [4.78, 5) is 0. The summed E-state index contributed by atoms with van der Waals surface area (Å²) in [5.74, 6) is 0. The molecular formula is C15H15Ta. The molecule has 0 fully saturated rings. The number of hydrogen-bond acceptors (Lipinski definition) is 0. The van der Waals surface area contributed by atoms with Crippen LogP contribution in [-0.4, -0.2) is 0 Å². The quantitative estimate of drug-likeness (QED) is 0.687. The van der Waals surface area contributed by atoms with E-state index in [1.165, 1.54) is 0 Å². The topological polar surface area (TPSA) is 0 Å². The van der Waals surface area contributed by atoms with Gasteiger partial charge >= 0.3 is 104 Å². The first-order valence-corrected chi connectivity index (χ1v) is 11.3. The van der Waals surface area contributed by atoms with Crippen LogP contribution in [0.4, 0.5) is 0 Å². The van der Waals surface area contributed by atoms with E-state index in [9.17, 15) is 0 Å². The van der Waals surface area contributed by atoms with Crippen molar-refractivity contribution in [1.82, 2.24) is 0 Å². The molecule has 0 saturated heterocycles. The Labute approximate surface area is 104 Å². The van der Waals surface area contributed by atoms with Crippen LogP contribution < -0.4 is 0 Å². The monoisotopic (exact) mass is 376 g/mol. The van der Waals surface area contributed by atoms with Gasteiger partial charge in [-0.25, -0.2) is 0 Å². The Balaban J connectivity index is 1.87. The summed E-state index contributed by atoms with van der Waals surface area (Å²) in [7, 11) is 0. The molecule has 0 aliphatic heterocycles. The summed E-state index contributed by atoms with van der Waals surface area (Å²) in [6, 6.07) is 0. The minimum atomic E-state index is -1.64. The molecular weight excluding hydrogens is 361 g/mol. The van der Waals surface area contributed by atoms with Crippen LogP contribution in [0.5, 0.6) is 0 Å². The van der Waals surface area contributed by atoms with Gasteiger partial charge in [0.1, 0.15) is 0 Å². The van der Waals surface area contributed by atoms with Crippen LogP contribution in [0.25, 0.3) is 0 Å². The zero-order chi connectivity index (χ0) is 10.8. The van der Waals surface area contributed by atoms with Crippen molar-refractivity contribution >= 4 is 0 Å². The molecule has 0 spiro atoms. The van der Waals surface area contributed by atoms with Crippen LogP contribution in [0, 0.1) is 0 Å². The first kappa shape index (κ1) is 10.3. The van der Waals surface area contributed by atoms with Crippen LogP contribution in [0.3, 0.4) is 0 Å². The van der Waals surface area contributed by atoms with E-state index in [-0.39, 0.29) is 0 Å². The Morgan fingerprint density at radius 3 is 0.938 bits per heavy atom. The summed E-state index contributed by atoms with van der Waals surface area (Å²) in [6.45, 7) is 0. The van der Waals surface area contributed by atoms with E-state index >= 15 is 0 Å². The molecule has 0 aromatic heterocycles. The third-order valence-corrected chi connectivity index (χ3v) is 14.3. The SMILES string of the molecule is C1=C[CH]([Ta]([CH]2C=CC=C2)[CH]2C=CC=C2)C=C1. The van der Waals surface area contributed by atoms with Gasteiger partial charge in [0, 0.05) is 0 Å². The van der Waals surface area contributed by atoms with Gasteiger partial charge in [0.05, 0.1) is 0 Å². The maximum absolute atomic E-state index is 2.41. The van der Waals surface area contributed by atoms with Gasteiger partial charge in [-0.3, -0.25) is 0 Å². The van der Waals surface area contributed by atoms with Crippen molar-refractivity contribution in [2.24, 2.45) is 0 Å². The van der Waals surface area contributed by atoms with Crippen LogP contribution in [0.2, 0.25) is 12.4 Å². The van der Waals surface area contributed by atoms with Crippen LogP contribution in [0.1, 0.15) is 0 Å². The van der Waals surface area contributed by atoms with Crippen molar-refractivity contribution in [3.05, 3.63) is 72.9 Å². The second-order valence-corrected chi connectivity index (χ2v) is 13.9. The van der Waals surface area contributed by atoms with Crippen molar-refractivity contribution in [3.63, 3.8) is 0 Å². The van der Waals surface area contributed by atoms with Crippen molar-refractivity contribution < 1.29 is 18.4 Å². The number of hydrogen-bond donors (Lipinski definition) is 0. The van der Waals surface area contributed by atoms with Gasteiger partial charge in [-0.1, -0.05) is 0 Å². The van der Waals surface area contributed by atoms with Gasteiger partial charge in [-0.2, -0.15) is 0 Å². The van der Waals surface area contributed by atoms with Gasteiger partial charge in [0.25, 0.3) is 0 Å². The van der Waals surface area contributed by atoms with E-state index in [4.69, 9.17) is 0 Å². The van der Waals surface area contributed by atoms with E-state index < -0.39 is 18.4 Å². The second-order valence-electron chi connectivity index (χ2n) is 4.23. The molecule has 3 aliphatic rings. The summed E-state index contributed by atoms with van der Waals surface area (Å²) in [5.41, 5.74) is 0. The third-order valence-electron chi connectivity index (χ3n) is 3.22. The van der Waals surface area contributed by atoms with Crippen molar-refractivity contribution in [2.45, 2.75) is 12.4 Å². The summed E-state index contributed by atoms with van der Waals surface area (Å²) in [5, 5.41) is 0. The minimum absolute atomic E-state index is 0.782. The summed E-state index contributed by atoms with van der Waals surface area (Å²) < 4.78 is 2.35. The van der Waals surface area contributed by atoms with Gasteiger partial charge in [-0.05, 0) is 0 Å². The molecule has 1 heteroatoms. The third kappa shape index (κ3) is 1.89. The first-order chi connectivity index (χ1) is 7.95. The fourth-order valence-corrected chi connectivity index (χ4v) is 13.2. The molecule has 0 N–H and O–H groups in total. The predicted octanol–water partition coefficient (Wildman–Crippen LogP) is 4.35. The normalized spacial score (nSPS) is 23.8.